The molecule has 1 heterocycles. The highest BCUT2D eigenvalue weighted by molar-refractivity contribution is 5.74. The molecule has 2 atom stereocenters. The molecule has 0 saturated carbocycles. The maximum Gasteiger partial charge on any atom is 0.311 e. The molecule has 1 saturated heterocycles. The zero-order valence-corrected chi connectivity index (χ0v) is 15.9. The molecule has 6 nitrogen and oxygen atoms in total. The van der Waals surface area contributed by atoms with E-state index in [0.717, 1.165) is 12.1 Å². The van der Waals surface area contributed by atoms with E-state index >= 15 is 0 Å². The Bertz CT molecular complexity index is 698. The minimum absolute atomic E-state index is 0.0136. The average molecular weight is 385 g/mol. The first-order valence-electron chi connectivity index (χ1n) is 8.74. The molecule has 8 heteroatoms. The van der Waals surface area contributed by atoms with Crippen LogP contribution < -0.4 is 5.32 Å². The molecule has 2 unspecified atom stereocenters. The monoisotopic (exact) mass is 385 g/mol. The van der Waals surface area contributed by atoms with Crippen molar-refractivity contribution in [3.63, 3.8) is 0 Å². The second-order valence-electron chi connectivity index (χ2n) is 7.39. The van der Waals surface area contributed by atoms with E-state index < -0.39 is 35.1 Å². The largest absolute Gasteiger partial charge is 0.469 e. The molecule has 0 amide bonds. The third-order valence-electron chi connectivity index (χ3n) is 3.94. The molecule has 1 aromatic rings. The molecular weight excluding hydrogens is 360 g/mol. The quantitative estimate of drug-likeness (QED) is 0.548. The SMILES string of the molecule is COC(=O)C(Cc1cc(F)cc(F)c1NCCC(=O)OC(C)(C)C)C1CO1. The van der Waals surface area contributed by atoms with Gasteiger partial charge < -0.3 is 19.5 Å². The van der Waals surface area contributed by atoms with Crippen molar-refractivity contribution < 1.29 is 32.6 Å². The summed E-state index contributed by atoms with van der Waals surface area (Å²) >= 11 is 0. The molecule has 150 valence electrons. The van der Waals surface area contributed by atoms with E-state index in [4.69, 9.17) is 14.2 Å². The lowest BCUT2D eigenvalue weighted by atomic mass is 9.95. The zero-order chi connectivity index (χ0) is 20.2. The van der Waals surface area contributed by atoms with Crippen molar-refractivity contribution in [1.29, 1.82) is 0 Å². The number of carbonyl (C=O) groups is 2. The van der Waals surface area contributed by atoms with Crippen LogP contribution in [0, 0.1) is 17.6 Å². The molecule has 1 aliphatic rings. The normalized spacial score (nSPS) is 17.2. The van der Waals surface area contributed by atoms with E-state index in [2.05, 4.69) is 5.32 Å². The Hall–Kier alpha value is -2.22. The lowest BCUT2D eigenvalue weighted by Gasteiger charge is -2.20. The highest BCUT2D eigenvalue weighted by Crippen LogP contribution is 2.30. The van der Waals surface area contributed by atoms with Crippen LogP contribution in [-0.4, -0.2) is 43.9 Å². The highest BCUT2D eigenvalue weighted by Gasteiger charge is 2.39. The van der Waals surface area contributed by atoms with Gasteiger partial charge in [-0.1, -0.05) is 0 Å². The summed E-state index contributed by atoms with van der Waals surface area (Å²) in [6.07, 6.45) is -0.251. The minimum atomic E-state index is -0.797. The van der Waals surface area contributed by atoms with E-state index in [0.29, 0.717) is 6.61 Å². The maximum absolute atomic E-state index is 14.3. The second kappa shape index (κ2) is 8.65. The van der Waals surface area contributed by atoms with Crippen LogP contribution in [0.2, 0.25) is 0 Å². The number of anilines is 1. The fourth-order valence-electron chi connectivity index (χ4n) is 2.71. The lowest BCUT2D eigenvalue weighted by molar-refractivity contribution is -0.154. The zero-order valence-electron chi connectivity index (χ0n) is 15.9. The molecule has 1 aliphatic heterocycles. The molecule has 0 aliphatic carbocycles. The number of methoxy groups -OCH3 is 1. The van der Waals surface area contributed by atoms with Crippen molar-refractivity contribution in [2.45, 2.75) is 45.3 Å². The first kappa shape index (κ1) is 21.1. The van der Waals surface area contributed by atoms with Crippen LogP contribution in [0.5, 0.6) is 0 Å². The predicted molar refractivity (Wildman–Crippen MR) is 94.3 cm³/mol. The maximum atomic E-state index is 14.3. The molecule has 27 heavy (non-hydrogen) atoms. The summed E-state index contributed by atoms with van der Waals surface area (Å²) < 4.78 is 43.1. The van der Waals surface area contributed by atoms with Gasteiger partial charge >= 0.3 is 11.9 Å². The summed E-state index contributed by atoms with van der Waals surface area (Å²) in [5.41, 5.74) is -0.279. The van der Waals surface area contributed by atoms with Crippen LogP contribution in [0.4, 0.5) is 14.5 Å². The molecule has 0 bridgehead atoms. The van der Waals surface area contributed by atoms with Crippen LogP contribution in [0.1, 0.15) is 32.8 Å². The lowest BCUT2D eigenvalue weighted by Crippen LogP contribution is -2.26. The Morgan fingerprint density at radius 2 is 2.00 bits per heavy atom. The number of hydrogen-bond acceptors (Lipinski definition) is 6. The van der Waals surface area contributed by atoms with Gasteiger partial charge in [0.05, 0.1) is 37.8 Å². The van der Waals surface area contributed by atoms with E-state index in [1.54, 1.807) is 20.8 Å². The first-order valence-corrected chi connectivity index (χ1v) is 8.74. The van der Waals surface area contributed by atoms with Gasteiger partial charge in [0.1, 0.15) is 17.2 Å². The molecule has 2 rings (SSSR count). The van der Waals surface area contributed by atoms with E-state index in [1.165, 1.54) is 7.11 Å². The van der Waals surface area contributed by atoms with Crippen LogP contribution in [0.25, 0.3) is 0 Å². The molecule has 0 spiro atoms. The van der Waals surface area contributed by atoms with Crippen LogP contribution >= 0.6 is 0 Å². The molecular formula is C19H25F2NO5. The van der Waals surface area contributed by atoms with Gasteiger partial charge in [-0.15, -0.1) is 0 Å². The Balaban J connectivity index is 2.09. The fraction of sp³-hybridized carbons (Fsp3) is 0.579. The summed E-state index contributed by atoms with van der Waals surface area (Å²) in [7, 11) is 1.25. The number of epoxide rings is 1. The molecule has 1 fully saturated rings. The van der Waals surface area contributed by atoms with E-state index in [9.17, 15) is 18.4 Å². The number of hydrogen-bond donors (Lipinski definition) is 1. The van der Waals surface area contributed by atoms with Gasteiger partial charge in [0.2, 0.25) is 0 Å². The van der Waals surface area contributed by atoms with Crippen LogP contribution in [-0.2, 0) is 30.2 Å². The minimum Gasteiger partial charge on any atom is -0.469 e. The Kier molecular flexibility index (Phi) is 6.75. The summed E-state index contributed by atoms with van der Waals surface area (Å²) in [5.74, 6) is -3.13. The van der Waals surface area contributed by atoms with Crippen molar-refractivity contribution in [3.8, 4) is 0 Å². The van der Waals surface area contributed by atoms with Crippen molar-refractivity contribution in [1.82, 2.24) is 0 Å². The van der Waals surface area contributed by atoms with Gasteiger partial charge in [-0.3, -0.25) is 9.59 Å². The van der Waals surface area contributed by atoms with Gasteiger partial charge in [0, 0.05) is 12.6 Å². The number of ether oxygens (including phenoxy) is 3. The number of halogens is 2. The standard InChI is InChI=1S/C19H25F2NO5/c1-19(2,3)27-16(23)5-6-22-17-11(7-12(20)9-14(17)21)8-13(15-10-26-15)18(24)25-4/h7,9,13,15,22H,5-6,8,10H2,1-4H3. The van der Waals surface area contributed by atoms with Gasteiger partial charge in [-0.05, 0) is 38.8 Å². The number of carbonyl (C=O) groups excluding carboxylic acids is 2. The van der Waals surface area contributed by atoms with Gasteiger partial charge in [0.25, 0.3) is 0 Å². The van der Waals surface area contributed by atoms with Gasteiger partial charge in [-0.2, -0.15) is 0 Å². The third kappa shape index (κ3) is 6.46. The Labute approximate surface area is 157 Å². The van der Waals surface area contributed by atoms with Crippen molar-refractivity contribution in [2.75, 3.05) is 25.6 Å². The average Bonchev–Trinajstić information content (AvgIpc) is 3.37. The summed E-state index contributed by atoms with van der Waals surface area (Å²) in [6.45, 7) is 5.77. The Morgan fingerprint density at radius 3 is 2.56 bits per heavy atom. The number of rotatable bonds is 8. The number of esters is 2. The predicted octanol–water partition coefficient (Wildman–Crippen LogP) is 2.84. The topological polar surface area (TPSA) is 77.2 Å². The number of benzene rings is 1. The Morgan fingerprint density at radius 1 is 1.33 bits per heavy atom. The van der Waals surface area contributed by atoms with E-state index in [-0.39, 0.29) is 36.7 Å². The van der Waals surface area contributed by atoms with Crippen molar-refractivity contribution in [2.24, 2.45) is 5.92 Å². The third-order valence-corrected chi connectivity index (χ3v) is 3.94. The second-order valence-corrected chi connectivity index (χ2v) is 7.39. The number of nitrogens with one attached hydrogen (secondary N) is 1. The summed E-state index contributed by atoms with van der Waals surface area (Å²) in [4.78, 5) is 23.7. The van der Waals surface area contributed by atoms with Crippen molar-refractivity contribution in [3.05, 3.63) is 29.3 Å². The fourth-order valence-corrected chi connectivity index (χ4v) is 2.71. The molecule has 1 aromatic carbocycles. The molecule has 0 aromatic heterocycles. The van der Waals surface area contributed by atoms with Crippen molar-refractivity contribution >= 4 is 17.6 Å². The first-order chi connectivity index (χ1) is 12.6. The summed E-state index contributed by atoms with van der Waals surface area (Å²) in [6, 6.07) is 1.91. The van der Waals surface area contributed by atoms with Crippen LogP contribution in [0.15, 0.2) is 12.1 Å². The molecule has 1 N–H and O–H groups in total. The summed E-state index contributed by atoms with van der Waals surface area (Å²) in [5, 5.41) is 2.81. The van der Waals surface area contributed by atoms with Gasteiger partial charge in [-0.25, -0.2) is 8.78 Å². The van der Waals surface area contributed by atoms with E-state index in [1.807, 2.05) is 0 Å². The van der Waals surface area contributed by atoms with Gasteiger partial charge in [0.15, 0.2) is 0 Å². The smallest absolute Gasteiger partial charge is 0.311 e. The van der Waals surface area contributed by atoms with Crippen LogP contribution in [0.3, 0.4) is 0 Å². The highest BCUT2D eigenvalue weighted by atomic mass is 19.1. The molecule has 0 radical (unpaired) electrons.